The smallest absolute Gasteiger partial charge is 0.159 e. The van der Waals surface area contributed by atoms with Gasteiger partial charge in [-0.25, -0.2) is 5.26 Å². The summed E-state index contributed by atoms with van der Waals surface area (Å²) >= 11 is 0.842. The van der Waals surface area contributed by atoms with Crippen LogP contribution in [-0.4, -0.2) is 15.5 Å². The second-order valence-corrected chi connectivity index (χ2v) is 4.37. The van der Waals surface area contributed by atoms with Crippen molar-refractivity contribution in [2.75, 3.05) is 0 Å². The van der Waals surface area contributed by atoms with Gasteiger partial charge in [-0.3, -0.25) is 0 Å². The van der Waals surface area contributed by atoms with Gasteiger partial charge in [0, 0.05) is 11.0 Å². The molecule has 0 aliphatic heterocycles. The third kappa shape index (κ3) is 3.93. The molecule has 8 heteroatoms. The van der Waals surface area contributed by atoms with Gasteiger partial charge in [-0.1, -0.05) is 5.04 Å². The predicted octanol–water partition coefficient (Wildman–Crippen LogP) is 3.94. The first-order valence-corrected chi connectivity index (χ1v) is 6.12. The maximum atomic E-state index is 9.32. The van der Waals surface area contributed by atoms with Crippen LogP contribution in [0.15, 0.2) is 57.6 Å². The van der Waals surface area contributed by atoms with Crippen LogP contribution in [0.1, 0.15) is 0 Å². The van der Waals surface area contributed by atoms with E-state index in [0.717, 1.165) is 12.0 Å². The van der Waals surface area contributed by atoms with Crippen LogP contribution in [0.2, 0.25) is 0 Å². The summed E-state index contributed by atoms with van der Waals surface area (Å²) in [6.07, 6.45) is 0. The zero-order chi connectivity index (χ0) is 14.4. The highest BCUT2D eigenvalue weighted by Crippen LogP contribution is 2.30. The maximum Gasteiger partial charge on any atom is 0.159 e. The van der Waals surface area contributed by atoms with Gasteiger partial charge in [0.15, 0.2) is 11.5 Å². The normalized spacial score (nSPS) is 11.1. The van der Waals surface area contributed by atoms with E-state index in [1.54, 1.807) is 24.3 Å². The van der Waals surface area contributed by atoms with Crippen LogP contribution >= 0.6 is 12.0 Å². The molecule has 0 aliphatic rings. The predicted molar refractivity (Wildman–Crippen MR) is 71.0 cm³/mol. The van der Waals surface area contributed by atoms with Gasteiger partial charge in [0.1, 0.15) is 0 Å². The largest absolute Gasteiger partial charge is 0.504 e. The number of hydrogen-bond donors (Lipinski definition) is 3. The van der Waals surface area contributed by atoms with E-state index in [1.807, 2.05) is 0 Å². The number of azo groups is 1. The van der Waals surface area contributed by atoms with Gasteiger partial charge in [-0.05, 0) is 36.4 Å². The van der Waals surface area contributed by atoms with Crippen LogP contribution in [0.3, 0.4) is 0 Å². The summed E-state index contributed by atoms with van der Waals surface area (Å²) < 4.78 is 4.28. The molecule has 104 valence electrons. The molecule has 7 nitrogen and oxygen atoms in total. The highest BCUT2D eigenvalue weighted by molar-refractivity contribution is 7.94. The van der Waals surface area contributed by atoms with Crippen molar-refractivity contribution in [3.8, 4) is 11.5 Å². The SMILES string of the molecule is OOOSc1ccc(N=Nc2ccc(O)c(O)c2)cc1. The Morgan fingerprint density at radius 3 is 2.15 bits per heavy atom. The first kappa shape index (κ1) is 14.3. The van der Waals surface area contributed by atoms with Gasteiger partial charge in [-0.2, -0.15) is 10.2 Å². The Morgan fingerprint density at radius 2 is 1.50 bits per heavy atom. The van der Waals surface area contributed by atoms with Gasteiger partial charge >= 0.3 is 0 Å². The Morgan fingerprint density at radius 1 is 0.850 bits per heavy atom. The topological polar surface area (TPSA) is 104 Å². The van der Waals surface area contributed by atoms with E-state index in [2.05, 4.69) is 19.6 Å². The van der Waals surface area contributed by atoms with Crippen LogP contribution in [0.4, 0.5) is 11.4 Å². The van der Waals surface area contributed by atoms with Crippen LogP contribution in [0.25, 0.3) is 0 Å². The van der Waals surface area contributed by atoms with Crippen molar-refractivity contribution in [3.63, 3.8) is 0 Å². The zero-order valence-electron chi connectivity index (χ0n) is 10.0. The number of phenols is 2. The van der Waals surface area contributed by atoms with Crippen molar-refractivity contribution >= 4 is 23.4 Å². The van der Waals surface area contributed by atoms with Gasteiger partial charge in [0.05, 0.1) is 23.4 Å². The van der Waals surface area contributed by atoms with Crippen molar-refractivity contribution in [1.29, 1.82) is 0 Å². The van der Waals surface area contributed by atoms with Gasteiger partial charge < -0.3 is 10.2 Å². The fourth-order valence-corrected chi connectivity index (χ4v) is 1.67. The molecule has 0 bridgehead atoms. The molecular formula is C12H10N2O5S. The lowest BCUT2D eigenvalue weighted by atomic mass is 10.3. The highest BCUT2D eigenvalue weighted by atomic mass is 32.2. The minimum Gasteiger partial charge on any atom is -0.504 e. The number of rotatable bonds is 5. The molecule has 0 saturated carbocycles. The van der Waals surface area contributed by atoms with E-state index in [9.17, 15) is 5.11 Å². The average molecular weight is 294 g/mol. The average Bonchev–Trinajstić information content (AvgIpc) is 2.47. The van der Waals surface area contributed by atoms with E-state index in [1.165, 1.54) is 18.2 Å². The molecule has 2 rings (SSSR count). The first-order chi connectivity index (χ1) is 9.69. The molecule has 0 aromatic heterocycles. The fourth-order valence-electron chi connectivity index (χ4n) is 1.31. The molecule has 20 heavy (non-hydrogen) atoms. The lowest BCUT2D eigenvalue weighted by molar-refractivity contribution is -0.432. The van der Waals surface area contributed by atoms with Crippen molar-refractivity contribution in [2.45, 2.75) is 4.90 Å². The van der Waals surface area contributed by atoms with E-state index in [0.29, 0.717) is 16.3 Å². The molecular weight excluding hydrogens is 284 g/mol. The molecule has 0 saturated heterocycles. The lowest BCUT2D eigenvalue weighted by Crippen LogP contribution is -1.77. The molecule has 0 heterocycles. The summed E-state index contributed by atoms with van der Waals surface area (Å²) in [6, 6.07) is 10.9. The molecule has 0 atom stereocenters. The van der Waals surface area contributed by atoms with E-state index in [4.69, 9.17) is 10.4 Å². The van der Waals surface area contributed by atoms with Crippen molar-refractivity contribution in [1.82, 2.24) is 0 Å². The molecule has 0 spiro atoms. The highest BCUT2D eigenvalue weighted by Gasteiger charge is 2.00. The van der Waals surface area contributed by atoms with E-state index < -0.39 is 0 Å². The van der Waals surface area contributed by atoms with Gasteiger partial charge in [0.2, 0.25) is 0 Å². The molecule has 2 aromatic rings. The zero-order valence-corrected chi connectivity index (χ0v) is 10.8. The van der Waals surface area contributed by atoms with E-state index >= 15 is 0 Å². The molecule has 0 unspecified atom stereocenters. The third-order valence-electron chi connectivity index (χ3n) is 2.24. The minimum atomic E-state index is -0.255. The molecule has 0 fully saturated rings. The summed E-state index contributed by atoms with van der Waals surface area (Å²) in [6.45, 7) is 0. The molecule has 0 amide bonds. The summed E-state index contributed by atoms with van der Waals surface area (Å²) in [5.41, 5.74) is 1.00. The van der Waals surface area contributed by atoms with Crippen molar-refractivity contribution in [2.24, 2.45) is 10.2 Å². The molecule has 3 N–H and O–H groups in total. The Bertz CT molecular complexity index is 603. The Labute approximate surface area is 118 Å². The third-order valence-corrected chi connectivity index (χ3v) is 2.83. The van der Waals surface area contributed by atoms with Crippen LogP contribution < -0.4 is 0 Å². The number of benzene rings is 2. The summed E-state index contributed by atoms with van der Waals surface area (Å²) in [7, 11) is 0. The number of phenolic OH excluding ortho intramolecular Hbond substituents is 2. The number of nitrogens with zero attached hydrogens (tertiary/aromatic N) is 2. The number of aromatic hydroxyl groups is 2. The molecule has 0 radical (unpaired) electrons. The number of hydrogen-bond acceptors (Lipinski definition) is 8. The second-order valence-electron chi connectivity index (χ2n) is 3.59. The summed E-state index contributed by atoms with van der Waals surface area (Å²) in [5, 5.41) is 37.9. The summed E-state index contributed by atoms with van der Waals surface area (Å²) in [4.78, 5) is 0.709. The van der Waals surface area contributed by atoms with Crippen molar-refractivity contribution in [3.05, 3.63) is 42.5 Å². The lowest BCUT2D eigenvalue weighted by Gasteiger charge is -1.99. The van der Waals surface area contributed by atoms with Crippen molar-refractivity contribution < 1.29 is 24.8 Å². The fraction of sp³-hybridized carbons (Fsp3) is 0. The standard InChI is InChI=1S/C12H10N2O5S/c15-11-6-3-9(7-12(11)16)14-13-8-1-4-10(5-2-8)20-19-18-17/h1-7,15-17H. The minimum absolute atomic E-state index is 0.212. The quantitative estimate of drug-likeness (QED) is 0.254. The molecule has 0 aliphatic carbocycles. The van der Waals surface area contributed by atoms with Crippen LogP contribution in [0, 0.1) is 0 Å². The Hall–Kier alpha value is -2.13. The summed E-state index contributed by atoms with van der Waals surface area (Å²) in [5.74, 6) is -0.467. The monoisotopic (exact) mass is 294 g/mol. The molecule has 2 aromatic carbocycles. The van der Waals surface area contributed by atoms with E-state index in [-0.39, 0.29) is 11.5 Å². The van der Waals surface area contributed by atoms with Crippen LogP contribution in [-0.2, 0) is 9.37 Å². The Balaban J connectivity index is 2.05. The van der Waals surface area contributed by atoms with Gasteiger partial charge in [-0.15, -0.1) is 4.33 Å². The Kier molecular flexibility index (Phi) is 4.91. The second kappa shape index (κ2) is 6.87. The first-order valence-electron chi connectivity index (χ1n) is 5.37. The van der Waals surface area contributed by atoms with Crippen LogP contribution in [0.5, 0.6) is 11.5 Å². The maximum absolute atomic E-state index is 9.32. The van der Waals surface area contributed by atoms with Gasteiger partial charge in [0.25, 0.3) is 0 Å².